The molecule has 4 heteroatoms. The third-order valence-electron chi connectivity index (χ3n) is 1.93. The molecule has 0 fully saturated rings. The van der Waals surface area contributed by atoms with Gasteiger partial charge in [0, 0.05) is 17.1 Å². The number of benzene rings is 1. The molecule has 0 heterocycles. The van der Waals surface area contributed by atoms with E-state index in [-0.39, 0.29) is 0 Å². The Morgan fingerprint density at radius 3 is 2.71 bits per heavy atom. The lowest BCUT2D eigenvalue weighted by Gasteiger charge is -2.11. The van der Waals surface area contributed by atoms with Crippen LogP contribution in [-0.4, -0.2) is 13.1 Å². The lowest BCUT2D eigenvalue weighted by Crippen LogP contribution is -2.11. The van der Waals surface area contributed by atoms with Crippen molar-refractivity contribution in [2.45, 2.75) is 13.5 Å². The maximum atomic E-state index is 5.94. The third-order valence-corrected chi connectivity index (χ3v) is 2.34. The van der Waals surface area contributed by atoms with E-state index in [1.807, 2.05) is 19.1 Å². The predicted molar refractivity (Wildman–Crippen MR) is 60.3 cm³/mol. The molecule has 0 aliphatic carbocycles. The Bertz CT molecular complexity index is 315. The number of nitrogens with one attached hydrogen (secondary N) is 1. The summed E-state index contributed by atoms with van der Waals surface area (Å²) in [5.74, 6) is 0.868. The summed E-state index contributed by atoms with van der Waals surface area (Å²) in [4.78, 5) is 0. The Kier molecular flexibility index (Phi) is 4.52. The Labute approximate surface area is 94.2 Å². The molecule has 1 N–H and O–H groups in total. The van der Waals surface area contributed by atoms with Gasteiger partial charge >= 0.3 is 0 Å². The van der Waals surface area contributed by atoms with E-state index in [0.717, 1.165) is 21.9 Å². The van der Waals surface area contributed by atoms with E-state index < -0.39 is 0 Å². The van der Waals surface area contributed by atoms with Crippen LogP contribution in [0.5, 0.6) is 5.75 Å². The van der Waals surface area contributed by atoms with Crippen molar-refractivity contribution in [1.82, 2.24) is 5.32 Å². The van der Waals surface area contributed by atoms with Crippen molar-refractivity contribution in [1.29, 1.82) is 0 Å². The summed E-state index contributed by atoms with van der Waals surface area (Å²) in [5, 5.41) is 3.74. The number of rotatable bonds is 4. The Balaban J connectivity index is 2.99. The van der Waals surface area contributed by atoms with Gasteiger partial charge in [-0.1, -0.05) is 11.6 Å². The quantitative estimate of drug-likeness (QED) is 0.638. The van der Waals surface area contributed by atoms with Crippen molar-refractivity contribution in [2.75, 3.05) is 13.1 Å². The fourth-order valence-electron chi connectivity index (χ4n) is 1.40. The zero-order valence-corrected chi connectivity index (χ0v) is 9.74. The van der Waals surface area contributed by atoms with E-state index in [0.29, 0.717) is 12.5 Å². The van der Waals surface area contributed by atoms with E-state index in [1.54, 1.807) is 7.11 Å². The highest BCUT2D eigenvalue weighted by atomic mass is 35.5. The van der Waals surface area contributed by atoms with Crippen LogP contribution in [-0.2, 0) is 6.54 Å². The molecule has 0 radical (unpaired) electrons. The topological polar surface area (TPSA) is 21.3 Å². The van der Waals surface area contributed by atoms with Gasteiger partial charge in [-0.05, 0) is 24.6 Å². The van der Waals surface area contributed by atoms with Gasteiger partial charge in [0.15, 0.2) is 0 Å². The summed E-state index contributed by atoms with van der Waals surface area (Å²) in [6, 6.07) is 4.17. The zero-order valence-electron chi connectivity index (χ0n) is 8.23. The number of aryl methyl sites for hydroxylation is 1. The molecule has 0 aliphatic rings. The molecule has 0 bridgehead atoms. The smallest absolute Gasteiger partial charge is 0.126 e. The van der Waals surface area contributed by atoms with Gasteiger partial charge in [0.25, 0.3) is 0 Å². The monoisotopic (exact) mass is 233 g/mol. The first-order valence-electron chi connectivity index (χ1n) is 4.28. The van der Waals surface area contributed by atoms with Crippen molar-refractivity contribution in [3.05, 3.63) is 28.3 Å². The third kappa shape index (κ3) is 2.77. The van der Waals surface area contributed by atoms with E-state index in [9.17, 15) is 0 Å². The first-order chi connectivity index (χ1) is 6.69. The molecular formula is C10H13Cl2NO. The average molecular weight is 234 g/mol. The molecule has 78 valence electrons. The molecule has 1 rings (SSSR count). The molecule has 0 aliphatic heterocycles. The van der Waals surface area contributed by atoms with Gasteiger partial charge in [-0.25, -0.2) is 0 Å². The van der Waals surface area contributed by atoms with Crippen molar-refractivity contribution >= 4 is 23.2 Å². The highest BCUT2D eigenvalue weighted by Gasteiger charge is 2.07. The normalized spacial score (nSPS) is 10.3. The van der Waals surface area contributed by atoms with Gasteiger partial charge in [0.1, 0.15) is 5.75 Å². The molecule has 0 aromatic heterocycles. The first kappa shape index (κ1) is 11.6. The average Bonchev–Trinajstić information content (AvgIpc) is 2.14. The molecule has 2 nitrogen and oxygen atoms in total. The van der Waals surface area contributed by atoms with Gasteiger partial charge in [0.05, 0.1) is 13.1 Å². The lowest BCUT2D eigenvalue weighted by atomic mass is 10.1. The molecule has 0 unspecified atom stereocenters. The minimum absolute atomic E-state index is 0.411. The Hall–Kier alpha value is -0.440. The van der Waals surface area contributed by atoms with E-state index >= 15 is 0 Å². The van der Waals surface area contributed by atoms with Crippen LogP contribution in [0.25, 0.3) is 0 Å². The van der Waals surface area contributed by atoms with Gasteiger partial charge < -0.3 is 4.74 Å². The number of methoxy groups -OCH3 is 1. The number of hydrogen-bond donors (Lipinski definition) is 1. The molecule has 0 saturated carbocycles. The molecular weight excluding hydrogens is 221 g/mol. The van der Waals surface area contributed by atoms with Crippen LogP contribution in [0.3, 0.4) is 0 Å². The molecule has 1 aromatic carbocycles. The molecule has 0 atom stereocenters. The predicted octanol–water partition coefficient (Wildman–Crippen LogP) is 2.94. The Morgan fingerprint density at radius 2 is 2.14 bits per heavy atom. The Morgan fingerprint density at radius 1 is 1.43 bits per heavy atom. The van der Waals surface area contributed by atoms with Crippen molar-refractivity contribution in [3.63, 3.8) is 0 Å². The number of alkyl halides is 1. The van der Waals surface area contributed by atoms with E-state index in [2.05, 4.69) is 5.32 Å². The molecule has 0 saturated heterocycles. The van der Waals surface area contributed by atoms with Crippen molar-refractivity contribution < 1.29 is 4.74 Å². The SMILES string of the molecule is COc1c(C)cc(Cl)cc1CNCCl. The highest BCUT2D eigenvalue weighted by molar-refractivity contribution is 6.30. The standard InChI is InChI=1S/C10H13Cl2NO/c1-7-3-9(12)4-8(5-13-6-11)10(7)14-2/h3-4,13H,5-6H2,1-2H3. The van der Waals surface area contributed by atoms with Crippen LogP contribution in [0.1, 0.15) is 11.1 Å². The number of hydrogen-bond acceptors (Lipinski definition) is 2. The fraction of sp³-hybridized carbons (Fsp3) is 0.400. The largest absolute Gasteiger partial charge is 0.496 e. The van der Waals surface area contributed by atoms with Crippen LogP contribution in [0.4, 0.5) is 0 Å². The minimum Gasteiger partial charge on any atom is -0.496 e. The molecule has 14 heavy (non-hydrogen) atoms. The van der Waals surface area contributed by atoms with Crippen LogP contribution < -0.4 is 10.1 Å². The zero-order chi connectivity index (χ0) is 10.6. The van der Waals surface area contributed by atoms with Crippen LogP contribution >= 0.6 is 23.2 Å². The van der Waals surface area contributed by atoms with Gasteiger partial charge in [-0.2, -0.15) is 0 Å². The first-order valence-corrected chi connectivity index (χ1v) is 5.20. The van der Waals surface area contributed by atoms with Gasteiger partial charge in [0.2, 0.25) is 0 Å². The summed E-state index contributed by atoms with van der Waals surface area (Å²) >= 11 is 11.5. The van der Waals surface area contributed by atoms with Crippen LogP contribution in [0, 0.1) is 6.92 Å². The van der Waals surface area contributed by atoms with E-state index in [1.165, 1.54) is 0 Å². The number of halogens is 2. The van der Waals surface area contributed by atoms with E-state index in [4.69, 9.17) is 27.9 Å². The fourth-order valence-corrected chi connectivity index (χ4v) is 1.79. The summed E-state index contributed by atoms with van der Waals surface area (Å²) in [5.41, 5.74) is 2.06. The lowest BCUT2D eigenvalue weighted by molar-refractivity contribution is 0.405. The van der Waals surface area contributed by atoms with Gasteiger partial charge in [-0.3, -0.25) is 5.32 Å². The maximum Gasteiger partial charge on any atom is 0.126 e. The van der Waals surface area contributed by atoms with Crippen molar-refractivity contribution in [3.8, 4) is 5.75 Å². The maximum absolute atomic E-state index is 5.94. The second kappa shape index (κ2) is 5.44. The highest BCUT2D eigenvalue weighted by Crippen LogP contribution is 2.27. The minimum atomic E-state index is 0.411. The summed E-state index contributed by atoms with van der Waals surface area (Å²) in [6.45, 7) is 2.63. The molecule has 0 amide bonds. The molecule has 1 aromatic rings. The summed E-state index contributed by atoms with van der Waals surface area (Å²) < 4.78 is 5.29. The summed E-state index contributed by atoms with van der Waals surface area (Å²) in [7, 11) is 1.65. The van der Waals surface area contributed by atoms with Gasteiger partial charge in [-0.15, -0.1) is 11.6 Å². The molecule has 0 spiro atoms. The van der Waals surface area contributed by atoms with Crippen LogP contribution in [0.15, 0.2) is 12.1 Å². The summed E-state index contributed by atoms with van der Waals surface area (Å²) in [6.07, 6.45) is 0. The second-order valence-electron chi connectivity index (χ2n) is 2.98. The van der Waals surface area contributed by atoms with Crippen LogP contribution in [0.2, 0.25) is 5.02 Å². The number of ether oxygens (including phenoxy) is 1. The van der Waals surface area contributed by atoms with Crippen molar-refractivity contribution in [2.24, 2.45) is 0 Å². The second-order valence-corrected chi connectivity index (χ2v) is 3.68.